The summed E-state index contributed by atoms with van der Waals surface area (Å²) in [5.41, 5.74) is 11.8. The fraction of sp³-hybridized carbons (Fsp3) is 0.244. The van der Waals surface area contributed by atoms with Gasteiger partial charge in [-0.15, -0.1) is 0 Å². The first-order chi connectivity index (χ1) is 20.9. The summed E-state index contributed by atoms with van der Waals surface area (Å²) in [6, 6.07) is 27.1. The summed E-state index contributed by atoms with van der Waals surface area (Å²) in [5.74, 6) is 2.15. The zero-order chi connectivity index (χ0) is 31.1. The zero-order valence-corrected chi connectivity index (χ0v) is 27.3. The highest BCUT2D eigenvalue weighted by Crippen LogP contribution is 2.41. The van der Waals surface area contributed by atoms with E-state index in [9.17, 15) is 0 Å². The molecule has 0 aliphatic heterocycles. The lowest BCUT2D eigenvalue weighted by Crippen LogP contribution is -2.10. The van der Waals surface area contributed by atoms with E-state index in [1.165, 1.54) is 71.3 Å². The van der Waals surface area contributed by atoms with Gasteiger partial charge in [0.15, 0.2) is 17.5 Å². The molecular weight excluding hydrogens is 534 g/mol. The van der Waals surface area contributed by atoms with Gasteiger partial charge in [0.1, 0.15) is 0 Å². The predicted octanol–water partition coefficient (Wildman–Crippen LogP) is 10.9. The minimum Gasteiger partial charge on any atom is -0.208 e. The van der Waals surface area contributed by atoms with E-state index in [0.29, 0.717) is 5.82 Å². The first kappa shape index (κ1) is 28.2. The van der Waals surface area contributed by atoms with Gasteiger partial charge in [-0.3, -0.25) is 0 Å². The van der Waals surface area contributed by atoms with Crippen molar-refractivity contribution in [1.29, 1.82) is 0 Å². The number of hydrogen-bond donors (Lipinski definition) is 0. The van der Waals surface area contributed by atoms with Gasteiger partial charge in [-0.1, -0.05) is 98.6 Å². The molecule has 0 N–H and O–H groups in total. The van der Waals surface area contributed by atoms with Crippen LogP contribution in [-0.4, -0.2) is 15.0 Å². The third-order valence-electron chi connectivity index (χ3n) is 9.14. The van der Waals surface area contributed by atoms with Crippen molar-refractivity contribution in [3.63, 3.8) is 0 Å². The van der Waals surface area contributed by atoms with Crippen molar-refractivity contribution in [2.24, 2.45) is 0 Å². The van der Waals surface area contributed by atoms with Crippen LogP contribution in [-0.2, 0) is 5.41 Å². The number of rotatable bonds is 3. The number of benzene rings is 6. The summed E-state index contributed by atoms with van der Waals surface area (Å²) < 4.78 is 0. The van der Waals surface area contributed by atoms with E-state index in [4.69, 9.17) is 15.0 Å². The second kappa shape index (κ2) is 9.95. The van der Waals surface area contributed by atoms with Gasteiger partial charge in [-0.2, -0.15) is 0 Å². The molecule has 218 valence electrons. The van der Waals surface area contributed by atoms with Gasteiger partial charge in [0, 0.05) is 16.7 Å². The van der Waals surface area contributed by atoms with Gasteiger partial charge < -0.3 is 0 Å². The quantitative estimate of drug-likeness (QED) is 0.197. The molecule has 0 unspecified atom stereocenters. The molecule has 0 atom stereocenters. The first-order valence-electron chi connectivity index (χ1n) is 15.5. The SMILES string of the molecule is Cc1cc(C)c(-c2nc(-c3c(C)cc(C)cc3C)nc(-c3ccc4ccc5cc(C(C)(C)C)cc6ccc3c4c56)n2)c(C)c1. The fourth-order valence-corrected chi connectivity index (χ4v) is 7.23. The maximum Gasteiger partial charge on any atom is 0.164 e. The van der Waals surface area contributed by atoms with Crippen molar-refractivity contribution < 1.29 is 0 Å². The van der Waals surface area contributed by atoms with Crippen LogP contribution in [0.4, 0.5) is 0 Å². The molecular formula is C41H39N3. The Balaban J connectivity index is 1.55. The number of hydrogen-bond acceptors (Lipinski definition) is 3. The van der Waals surface area contributed by atoms with Gasteiger partial charge in [0.25, 0.3) is 0 Å². The number of nitrogens with zero attached hydrogens (tertiary/aromatic N) is 3. The molecule has 0 radical (unpaired) electrons. The summed E-state index contributed by atoms with van der Waals surface area (Å²) >= 11 is 0. The van der Waals surface area contributed by atoms with Crippen LogP contribution in [0.15, 0.2) is 72.8 Å². The van der Waals surface area contributed by atoms with E-state index in [1.54, 1.807) is 0 Å². The lowest BCUT2D eigenvalue weighted by atomic mass is 9.83. The van der Waals surface area contributed by atoms with Crippen molar-refractivity contribution in [3.8, 4) is 34.2 Å². The summed E-state index contributed by atoms with van der Waals surface area (Å²) in [4.78, 5) is 15.6. The molecule has 44 heavy (non-hydrogen) atoms. The monoisotopic (exact) mass is 573 g/mol. The van der Waals surface area contributed by atoms with Crippen LogP contribution in [0, 0.1) is 41.5 Å². The third-order valence-corrected chi connectivity index (χ3v) is 9.14. The molecule has 3 heteroatoms. The van der Waals surface area contributed by atoms with Crippen molar-refractivity contribution in [3.05, 3.63) is 112 Å². The summed E-state index contributed by atoms with van der Waals surface area (Å²) in [5, 5.41) is 7.52. The van der Waals surface area contributed by atoms with Crippen molar-refractivity contribution in [2.45, 2.75) is 67.7 Å². The number of aryl methyl sites for hydroxylation is 6. The normalized spacial score (nSPS) is 12.2. The molecule has 7 rings (SSSR count). The molecule has 0 fully saturated rings. The van der Waals surface area contributed by atoms with E-state index in [2.05, 4.69) is 135 Å². The summed E-state index contributed by atoms with van der Waals surface area (Å²) in [7, 11) is 0. The topological polar surface area (TPSA) is 38.7 Å². The van der Waals surface area contributed by atoms with E-state index >= 15 is 0 Å². The van der Waals surface area contributed by atoms with Crippen LogP contribution < -0.4 is 0 Å². The lowest BCUT2D eigenvalue weighted by Gasteiger charge is -2.22. The van der Waals surface area contributed by atoms with Crippen LogP contribution in [0.5, 0.6) is 0 Å². The zero-order valence-electron chi connectivity index (χ0n) is 27.3. The van der Waals surface area contributed by atoms with Crippen LogP contribution in [0.1, 0.15) is 59.7 Å². The van der Waals surface area contributed by atoms with Crippen LogP contribution in [0.25, 0.3) is 66.5 Å². The smallest absolute Gasteiger partial charge is 0.164 e. The van der Waals surface area contributed by atoms with Gasteiger partial charge in [-0.25, -0.2) is 15.0 Å². The summed E-state index contributed by atoms with van der Waals surface area (Å²) in [6.07, 6.45) is 0. The Morgan fingerprint density at radius 2 is 0.886 bits per heavy atom. The largest absolute Gasteiger partial charge is 0.208 e. The molecule has 7 aromatic rings. The average molecular weight is 574 g/mol. The Hall–Kier alpha value is -4.63. The van der Waals surface area contributed by atoms with E-state index in [-0.39, 0.29) is 5.41 Å². The molecule has 0 spiro atoms. The molecule has 0 aliphatic rings. The highest BCUT2D eigenvalue weighted by molar-refractivity contribution is 6.25. The highest BCUT2D eigenvalue weighted by Gasteiger charge is 2.21. The Kier molecular flexibility index (Phi) is 6.37. The van der Waals surface area contributed by atoms with Gasteiger partial charge in [0.2, 0.25) is 0 Å². The molecule has 0 saturated heterocycles. The lowest BCUT2D eigenvalue weighted by molar-refractivity contribution is 0.591. The Morgan fingerprint density at radius 1 is 0.455 bits per heavy atom. The Morgan fingerprint density at radius 3 is 1.39 bits per heavy atom. The van der Waals surface area contributed by atoms with E-state index in [0.717, 1.165) is 28.3 Å². The Bertz CT molecular complexity index is 2130. The molecule has 1 heterocycles. The standard InChI is InChI=1S/C41H39N3/c1-22-16-24(3)34(25(4)17-22)39-42-38(43-40(44-39)35-26(5)18-23(2)19-27(35)6)33-15-12-28-10-11-29-20-31(41(7,8)9)21-30-13-14-32(33)37(28)36(29)30/h10-21H,1-9H3. The fourth-order valence-electron chi connectivity index (χ4n) is 7.23. The highest BCUT2D eigenvalue weighted by atomic mass is 15.0. The molecule has 0 aliphatic carbocycles. The molecule has 0 bridgehead atoms. The Labute approximate surface area is 260 Å². The maximum atomic E-state index is 5.23. The average Bonchev–Trinajstić information content (AvgIpc) is 2.94. The van der Waals surface area contributed by atoms with E-state index in [1.807, 2.05) is 0 Å². The van der Waals surface area contributed by atoms with E-state index < -0.39 is 0 Å². The third kappa shape index (κ3) is 4.54. The minimum absolute atomic E-state index is 0.0752. The van der Waals surface area contributed by atoms with Crippen molar-refractivity contribution >= 4 is 32.3 Å². The van der Waals surface area contributed by atoms with Crippen LogP contribution in [0.2, 0.25) is 0 Å². The van der Waals surface area contributed by atoms with Crippen LogP contribution >= 0.6 is 0 Å². The second-order valence-corrected chi connectivity index (χ2v) is 13.8. The number of aromatic nitrogens is 3. The molecule has 3 nitrogen and oxygen atoms in total. The second-order valence-electron chi connectivity index (χ2n) is 13.8. The molecule has 1 aromatic heterocycles. The predicted molar refractivity (Wildman–Crippen MR) is 187 cm³/mol. The first-order valence-corrected chi connectivity index (χ1v) is 15.5. The molecule has 0 amide bonds. The van der Waals surface area contributed by atoms with Gasteiger partial charge in [-0.05, 0) is 113 Å². The van der Waals surface area contributed by atoms with Gasteiger partial charge >= 0.3 is 0 Å². The van der Waals surface area contributed by atoms with Gasteiger partial charge in [0.05, 0.1) is 0 Å². The molecule has 0 saturated carbocycles. The minimum atomic E-state index is 0.0752. The van der Waals surface area contributed by atoms with Crippen molar-refractivity contribution in [1.82, 2.24) is 15.0 Å². The summed E-state index contributed by atoms with van der Waals surface area (Å²) in [6.45, 7) is 19.7. The van der Waals surface area contributed by atoms with Crippen molar-refractivity contribution in [2.75, 3.05) is 0 Å². The molecule has 6 aromatic carbocycles. The maximum absolute atomic E-state index is 5.23. The van der Waals surface area contributed by atoms with Crippen LogP contribution in [0.3, 0.4) is 0 Å².